The topological polar surface area (TPSA) is 97.5 Å². The fourth-order valence-corrected chi connectivity index (χ4v) is 2.91. The van der Waals surface area contributed by atoms with E-state index in [2.05, 4.69) is 15.9 Å². The van der Waals surface area contributed by atoms with Gasteiger partial charge in [-0.1, -0.05) is 22.0 Å². The Hall–Kier alpha value is -2.54. The quantitative estimate of drug-likeness (QED) is 0.539. The van der Waals surface area contributed by atoms with Crippen molar-refractivity contribution in [1.82, 2.24) is 0 Å². The van der Waals surface area contributed by atoms with Gasteiger partial charge < -0.3 is 5.11 Å². The fourth-order valence-electron chi connectivity index (χ4n) is 2.40. The van der Waals surface area contributed by atoms with Gasteiger partial charge in [0.15, 0.2) is 5.78 Å². The van der Waals surface area contributed by atoms with Crippen LogP contribution in [0.1, 0.15) is 31.8 Å². The zero-order valence-corrected chi connectivity index (χ0v) is 11.9. The van der Waals surface area contributed by atoms with E-state index in [-0.39, 0.29) is 28.0 Å². The van der Waals surface area contributed by atoms with Gasteiger partial charge in [0, 0.05) is 16.1 Å². The number of nitro groups is 1. The van der Waals surface area contributed by atoms with E-state index in [1.807, 2.05) is 0 Å². The van der Waals surface area contributed by atoms with Crippen molar-refractivity contribution in [3.63, 3.8) is 0 Å². The van der Waals surface area contributed by atoms with Crippen molar-refractivity contribution < 1.29 is 19.6 Å². The smallest absolute Gasteiger partial charge is 0.281 e. The lowest BCUT2D eigenvalue weighted by Gasteiger charge is -2.19. The maximum atomic E-state index is 12.6. The summed E-state index contributed by atoms with van der Waals surface area (Å²) >= 11 is 3.14. The Balaban J connectivity index is 2.42. The molecule has 7 heteroatoms. The van der Waals surface area contributed by atoms with Crippen LogP contribution in [0.4, 0.5) is 5.69 Å². The van der Waals surface area contributed by atoms with Gasteiger partial charge in [-0.05, 0) is 18.2 Å². The minimum Gasteiger partial charge on any atom is -0.507 e. The SMILES string of the molecule is O=C1c2cccc([N+](=O)[O-])c2C(=O)c2c(Br)ccc(O)c21. The molecule has 104 valence electrons. The molecule has 6 nitrogen and oxygen atoms in total. The van der Waals surface area contributed by atoms with Crippen LogP contribution in [-0.2, 0) is 0 Å². The summed E-state index contributed by atoms with van der Waals surface area (Å²) < 4.78 is 0.303. The third-order valence-corrected chi connectivity index (χ3v) is 3.96. The average Bonchev–Trinajstić information content (AvgIpc) is 2.46. The molecular weight excluding hydrogens is 342 g/mol. The largest absolute Gasteiger partial charge is 0.507 e. The standard InChI is InChI=1S/C14H6BrNO5/c15-7-4-5-9(17)12-11(7)14(19)10-6(13(12)18)2-1-3-8(10)16(20)21/h1-5,17H. The van der Waals surface area contributed by atoms with Crippen molar-refractivity contribution in [2.24, 2.45) is 0 Å². The number of hydrogen-bond acceptors (Lipinski definition) is 5. The third kappa shape index (κ3) is 1.78. The minimum absolute atomic E-state index is 0.0539. The van der Waals surface area contributed by atoms with Crippen LogP contribution >= 0.6 is 15.9 Å². The fraction of sp³-hybridized carbons (Fsp3) is 0. The van der Waals surface area contributed by atoms with Crippen molar-refractivity contribution in [2.75, 3.05) is 0 Å². The Labute approximate surface area is 126 Å². The highest BCUT2D eigenvalue weighted by Crippen LogP contribution is 2.39. The van der Waals surface area contributed by atoms with Crippen LogP contribution in [0.5, 0.6) is 5.75 Å². The summed E-state index contributed by atoms with van der Waals surface area (Å²) in [7, 11) is 0. The summed E-state index contributed by atoms with van der Waals surface area (Å²) in [5.74, 6) is -1.60. The maximum Gasteiger partial charge on any atom is 0.281 e. The number of nitrogens with zero attached hydrogens (tertiary/aromatic N) is 1. The number of phenolic OH excluding ortho intramolecular Hbond substituents is 1. The van der Waals surface area contributed by atoms with Crippen LogP contribution < -0.4 is 0 Å². The van der Waals surface area contributed by atoms with Crippen molar-refractivity contribution in [3.8, 4) is 5.75 Å². The molecule has 0 atom stereocenters. The van der Waals surface area contributed by atoms with Crippen LogP contribution in [0.2, 0.25) is 0 Å². The molecule has 1 N–H and O–H groups in total. The molecule has 0 fully saturated rings. The number of hydrogen-bond donors (Lipinski definition) is 1. The lowest BCUT2D eigenvalue weighted by Crippen LogP contribution is -2.22. The van der Waals surface area contributed by atoms with Gasteiger partial charge in [0.1, 0.15) is 11.3 Å². The van der Waals surface area contributed by atoms with E-state index in [0.29, 0.717) is 4.47 Å². The molecule has 0 saturated carbocycles. The molecule has 0 spiro atoms. The van der Waals surface area contributed by atoms with Gasteiger partial charge in [-0.15, -0.1) is 0 Å². The highest BCUT2D eigenvalue weighted by molar-refractivity contribution is 9.10. The van der Waals surface area contributed by atoms with Crippen LogP contribution in [0.15, 0.2) is 34.8 Å². The number of phenols is 1. The van der Waals surface area contributed by atoms with Gasteiger partial charge in [-0.3, -0.25) is 19.7 Å². The Bertz CT molecular complexity index is 843. The summed E-state index contributed by atoms with van der Waals surface area (Å²) in [4.78, 5) is 35.4. The number of ketones is 2. The van der Waals surface area contributed by atoms with Crippen LogP contribution in [0.3, 0.4) is 0 Å². The zero-order valence-electron chi connectivity index (χ0n) is 10.3. The highest BCUT2D eigenvalue weighted by atomic mass is 79.9. The van der Waals surface area contributed by atoms with Crippen molar-refractivity contribution in [2.45, 2.75) is 0 Å². The first-order chi connectivity index (χ1) is 9.93. The molecule has 0 unspecified atom stereocenters. The Kier molecular flexibility index (Phi) is 2.87. The molecule has 0 amide bonds. The van der Waals surface area contributed by atoms with Gasteiger partial charge in [0.05, 0.1) is 16.1 Å². The number of aromatic hydroxyl groups is 1. The minimum atomic E-state index is -0.703. The Morgan fingerprint density at radius 1 is 1.00 bits per heavy atom. The first-order valence-electron chi connectivity index (χ1n) is 5.81. The number of nitro benzene ring substituents is 1. The molecule has 0 aliphatic heterocycles. The summed E-state index contributed by atoms with van der Waals surface area (Å²) in [5, 5.41) is 20.9. The van der Waals surface area contributed by atoms with E-state index in [1.165, 1.54) is 30.3 Å². The number of carbonyl (C=O) groups excluding carboxylic acids is 2. The van der Waals surface area contributed by atoms with Crippen molar-refractivity contribution in [1.29, 1.82) is 0 Å². The third-order valence-electron chi connectivity index (χ3n) is 3.30. The van der Waals surface area contributed by atoms with E-state index < -0.39 is 22.2 Å². The Morgan fingerprint density at radius 2 is 1.71 bits per heavy atom. The summed E-state index contributed by atoms with van der Waals surface area (Å²) in [6.07, 6.45) is 0. The van der Waals surface area contributed by atoms with E-state index in [1.54, 1.807) is 0 Å². The molecule has 0 heterocycles. The van der Waals surface area contributed by atoms with Crippen LogP contribution in [0.25, 0.3) is 0 Å². The molecule has 2 aromatic carbocycles. The predicted octanol–water partition coefficient (Wildman–Crippen LogP) is 2.84. The highest BCUT2D eigenvalue weighted by Gasteiger charge is 2.38. The summed E-state index contributed by atoms with van der Waals surface area (Å²) in [6.45, 7) is 0. The van der Waals surface area contributed by atoms with Gasteiger partial charge in [0.2, 0.25) is 5.78 Å². The number of fused-ring (bicyclic) bond motifs is 2. The molecule has 2 aromatic rings. The molecular formula is C14H6BrNO5. The lowest BCUT2D eigenvalue weighted by atomic mass is 9.83. The molecule has 3 rings (SSSR count). The molecule has 21 heavy (non-hydrogen) atoms. The number of rotatable bonds is 1. The first kappa shape index (κ1) is 13.4. The van der Waals surface area contributed by atoms with Crippen molar-refractivity contribution in [3.05, 3.63) is 67.2 Å². The predicted molar refractivity (Wildman–Crippen MR) is 75.8 cm³/mol. The second-order valence-electron chi connectivity index (χ2n) is 4.43. The second-order valence-corrected chi connectivity index (χ2v) is 5.29. The van der Waals surface area contributed by atoms with Crippen LogP contribution in [0, 0.1) is 10.1 Å². The monoisotopic (exact) mass is 347 g/mol. The molecule has 0 saturated heterocycles. The maximum absolute atomic E-state index is 12.6. The number of benzene rings is 2. The normalized spacial score (nSPS) is 12.8. The number of halogens is 1. The molecule has 1 aliphatic carbocycles. The van der Waals surface area contributed by atoms with Gasteiger partial charge in [-0.2, -0.15) is 0 Å². The zero-order chi connectivity index (χ0) is 15.3. The van der Waals surface area contributed by atoms with E-state index in [0.717, 1.165) is 0 Å². The Morgan fingerprint density at radius 3 is 2.38 bits per heavy atom. The van der Waals surface area contributed by atoms with E-state index in [9.17, 15) is 24.8 Å². The van der Waals surface area contributed by atoms with Crippen molar-refractivity contribution >= 4 is 33.2 Å². The first-order valence-corrected chi connectivity index (χ1v) is 6.61. The van der Waals surface area contributed by atoms with E-state index in [4.69, 9.17) is 0 Å². The summed E-state index contributed by atoms with van der Waals surface area (Å²) in [5.41, 5.74) is -0.933. The van der Waals surface area contributed by atoms with Gasteiger partial charge in [-0.25, -0.2) is 0 Å². The molecule has 1 aliphatic rings. The molecule has 0 aromatic heterocycles. The van der Waals surface area contributed by atoms with Gasteiger partial charge >= 0.3 is 0 Å². The second kappa shape index (κ2) is 4.49. The molecule has 0 bridgehead atoms. The average molecular weight is 348 g/mol. The lowest BCUT2D eigenvalue weighted by molar-refractivity contribution is -0.385. The number of carbonyl (C=O) groups is 2. The molecule has 0 radical (unpaired) electrons. The summed E-state index contributed by atoms with van der Waals surface area (Å²) in [6, 6.07) is 6.55. The van der Waals surface area contributed by atoms with E-state index >= 15 is 0 Å². The van der Waals surface area contributed by atoms with Gasteiger partial charge in [0.25, 0.3) is 5.69 Å². The van der Waals surface area contributed by atoms with Crippen LogP contribution in [-0.4, -0.2) is 21.6 Å².